The van der Waals surface area contributed by atoms with Crippen molar-refractivity contribution in [3.05, 3.63) is 36.0 Å². The summed E-state index contributed by atoms with van der Waals surface area (Å²) >= 11 is 0. The van der Waals surface area contributed by atoms with E-state index in [4.69, 9.17) is 5.73 Å². The number of nitrogens with two attached hydrogens (primary N) is 1. The summed E-state index contributed by atoms with van der Waals surface area (Å²) in [4.78, 5) is 3.90. The third-order valence-corrected chi connectivity index (χ3v) is 1.35. The Morgan fingerprint density at radius 3 is 2.33 bits per heavy atom. The van der Waals surface area contributed by atoms with Gasteiger partial charge >= 0.3 is 0 Å². The first-order valence-electron chi connectivity index (χ1n) is 3.94. The highest BCUT2D eigenvalue weighted by molar-refractivity contribution is 5.99. The van der Waals surface area contributed by atoms with Gasteiger partial charge in [-0.05, 0) is 13.8 Å². The van der Waals surface area contributed by atoms with E-state index in [0.29, 0.717) is 5.84 Å². The smallest absolute Gasteiger partial charge is 0.125 e. The Bertz CT molecular complexity index is 232. The lowest BCUT2D eigenvalue weighted by molar-refractivity contribution is 1.39. The first-order valence-corrected chi connectivity index (χ1v) is 3.94. The minimum absolute atomic E-state index is 0.561. The van der Waals surface area contributed by atoms with Crippen molar-refractivity contribution in [1.29, 1.82) is 0 Å². The van der Waals surface area contributed by atoms with Gasteiger partial charge in [0.05, 0.1) is 0 Å². The Morgan fingerprint density at radius 1 is 1.25 bits per heavy atom. The van der Waals surface area contributed by atoms with Crippen molar-refractivity contribution in [3.8, 4) is 0 Å². The number of aliphatic imine (C=N–C) groups is 1. The van der Waals surface area contributed by atoms with Crippen molar-refractivity contribution in [2.45, 2.75) is 13.8 Å². The molecule has 0 fully saturated rings. The maximum Gasteiger partial charge on any atom is 0.125 e. The van der Waals surface area contributed by atoms with Crippen LogP contribution in [0, 0.1) is 0 Å². The van der Waals surface area contributed by atoms with Crippen molar-refractivity contribution in [3.63, 3.8) is 0 Å². The van der Waals surface area contributed by atoms with E-state index in [1.807, 2.05) is 44.2 Å². The summed E-state index contributed by atoms with van der Waals surface area (Å²) in [7, 11) is 1.68. The summed E-state index contributed by atoms with van der Waals surface area (Å²) in [6, 6.07) is 0. The molecule has 0 aromatic carbocycles. The van der Waals surface area contributed by atoms with Gasteiger partial charge in [0.2, 0.25) is 0 Å². The minimum Gasteiger partial charge on any atom is -0.384 e. The molecule has 0 atom stereocenters. The molecule has 0 aliphatic heterocycles. The highest BCUT2D eigenvalue weighted by Gasteiger charge is 1.93. The van der Waals surface area contributed by atoms with E-state index >= 15 is 0 Å². The lowest BCUT2D eigenvalue weighted by atomic mass is 10.2. The van der Waals surface area contributed by atoms with Gasteiger partial charge in [-0.2, -0.15) is 0 Å². The summed E-state index contributed by atoms with van der Waals surface area (Å²) in [5.74, 6) is 0.561. The van der Waals surface area contributed by atoms with Gasteiger partial charge in [0.15, 0.2) is 0 Å². The molecule has 2 nitrogen and oxygen atoms in total. The second-order valence-electron chi connectivity index (χ2n) is 2.26. The fourth-order valence-corrected chi connectivity index (χ4v) is 0.735. The molecule has 0 aromatic rings. The second kappa shape index (κ2) is 6.40. The molecule has 0 heterocycles. The summed E-state index contributed by atoms with van der Waals surface area (Å²) in [6.45, 7) is 3.91. The quantitative estimate of drug-likeness (QED) is 0.387. The zero-order chi connectivity index (χ0) is 9.40. The fourth-order valence-electron chi connectivity index (χ4n) is 0.735. The average molecular weight is 164 g/mol. The van der Waals surface area contributed by atoms with E-state index in [-0.39, 0.29) is 0 Å². The predicted molar refractivity (Wildman–Crippen MR) is 55.3 cm³/mol. The molecule has 0 saturated carbocycles. The largest absolute Gasteiger partial charge is 0.384 e. The van der Waals surface area contributed by atoms with Crippen molar-refractivity contribution in [2.24, 2.45) is 10.7 Å². The van der Waals surface area contributed by atoms with Crippen LogP contribution in [0.5, 0.6) is 0 Å². The van der Waals surface area contributed by atoms with E-state index in [9.17, 15) is 0 Å². The zero-order valence-corrected chi connectivity index (χ0v) is 7.91. The van der Waals surface area contributed by atoms with E-state index in [1.54, 1.807) is 7.05 Å². The number of amidine groups is 1. The van der Waals surface area contributed by atoms with Crippen LogP contribution in [0.15, 0.2) is 40.9 Å². The van der Waals surface area contributed by atoms with Crippen LogP contribution in [0.2, 0.25) is 0 Å². The number of hydrogen-bond acceptors (Lipinski definition) is 1. The molecule has 0 unspecified atom stereocenters. The Kier molecular flexibility index (Phi) is 5.70. The van der Waals surface area contributed by atoms with Crippen LogP contribution in [0.25, 0.3) is 0 Å². The van der Waals surface area contributed by atoms with Gasteiger partial charge in [0.1, 0.15) is 5.84 Å². The standard InChI is InChI=1S/C10H16N2/c1-4-6-8-9(7-5-2)10(11)12-3/h4-8H,1-3H3,(H2,11,12)/b6-4-,7-5-,9-8+. The molecular formula is C10H16N2. The Morgan fingerprint density at radius 2 is 1.92 bits per heavy atom. The van der Waals surface area contributed by atoms with E-state index < -0.39 is 0 Å². The lowest BCUT2D eigenvalue weighted by Crippen LogP contribution is -2.13. The molecule has 0 radical (unpaired) electrons. The maximum atomic E-state index is 5.64. The number of hydrogen-bond donors (Lipinski definition) is 1. The highest BCUT2D eigenvalue weighted by atomic mass is 14.8. The van der Waals surface area contributed by atoms with Gasteiger partial charge in [-0.1, -0.05) is 30.4 Å². The second-order valence-corrected chi connectivity index (χ2v) is 2.26. The summed E-state index contributed by atoms with van der Waals surface area (Å²) in [5, 5.41) is 0. The van der Waals surface area contributed by atoms with E-state index in [0.717, 1.165) is 5.57 Å². The molecule has 0 rings (SSSR count). The first kappa shape index (κ1) is 10.7. The van der Waals surface area contributed by atoms with Crippen molar-refractivity contribution < 1.29 is 0 Å². The zero-order valence-electron chi connectivity index (χ0n) is 7.91. The van der Waals surface area contributed by atoms with Gasteiger partial charge in [0.25, 0.3) is 0 Å². The van der Waals surface area contributed by atoms with Crippen LogP contribution in [-0.4, -0.2) is 12.9 Å². The molecule has 0 saturated heterocycles. The topological polar surface area (TPSA) is 38.4 Å². The lowest BCUT2D eigenvalue weighted by Gasteiger charge is -1.97. The predicted octanol–water partition coefficient (Wildman–Crippen LogP) is 2.05. The molecule has 0 bridgehead atoms. The molecule has 0 spiro atoms. The van der Waals surface area contributed by atoms with Crippen LogP contribution >= 0.6 is 0 Å². The number of nitrogens with zero attached hydrogens (tertiary/aromatic N) is 1. The highest BCUT2D eigenvalue weighted by Crippen LogP contribution is 1.97. The Hall–Kier alpha value is -1.31. The third kappa shape index (κ3) is 3.76. The van der Waals surface area contributed by atoms with Gasteiger partial charge in [-0.25, -0.2) is 0 Å². The van der Waals surface area contributed by atoms with Gasteiger partial charge in [0, 0.05) is 12.6 Å². The SMILES string of the molecule is C\C=C/C=C(\C=C/C)C(N)=NC. The van der Waals surface area contributed by atoms with Gasteiger partial charge < -0.3 is 5.73 Å². The van der Waals surface area contributed by atoms with Gasteiger partial charge in [-0.3, -0.25) is 4.99 Å². The molecule has 0 aliphatic rings. The summed E-state index contributed by atoms with van der Waals surface area (Å²) < 4.78 is 0. The molecule has 12 heavy (non-hydrogen) atoms. The van der Waals surface area contributed by atoms with E-state index in [1.165, 1.54) is 0 Å². The third-order valence-electron chi connectivity index (χ3n) is 1.35. The van der Waals surface area contributed by atoms with E-state index in [2.05, 4.69) is 4.99 Å². The monoisotopic (exact) mass is 164 g/mol. The molecule has 0 amide bonds. The van der Waals surface area contributed by atoms with Crippen LogP contribution < -0.4 is 5.73 Å². The Labute approximate surface area is 74.2 Å². The molecule has 0 aromatic heterocycles. The number of rotatable bonds is 3. The minimum atomic E-state index is 0.561. The molecule has 2 N–H and O–H groups in total. The molecule has 66 valence electrons. The maximum absolute atomic E-state index is 5.64. The van der Waals surface area contributed by atoms with Crippen molar-refractivity contribution in [1.82, 2.24) is 0 Å². The first-order chi connectivity index (χ1) is 5.76. The van der Waals surface area contributed by atoms with Gasteiger partial charge in [-0.15, -0.1) is 0 Å². The van der Waals surface area contributed by atoms with Crippen LogP contribution in [0.3, 0.4) is 0 Å². The fraction of sp³-hybridized carbons (Fsp3) is 0.300. The average Bonchev–Trinajstić information content (AvgIpc) is 2.11. The van der Waals surface area contributed by atoms with Crippen molar-refractivity contribution in [2.75, 3.05) is 7.05 Å². The Balaban J connectivity index is 4.66. The number of allylic oxidation sites excluding steroid dienone is 4. The molecule has 0 aliphatic carbocycles. The normalized spacial score (nSPS) is 14.9. The van der Waals surface area contributed by atoms with Crippen LogP contribution in [-0.2, 0) is 0 Å². The van der Waals surface area contributed by atoms with Crippen LogP contribution in [0.4, 0.5) is 0 Å². The summed E-state index contributed by atoms with van der Waals surface area (Å²) in [5.41, 5.74) is 6.58. The summed E-state index contributed by atoms with van der Waals surface area (Å²) in [6.07, 6.45) is 9.69. The molecular weight excluding hydrogens is 148 g/mol. The molecule has 2 heteroatoms. The van der Waals surface area contributed by atoms with Crippen molar-refractivity contribution >= 4 is 5.84 Å². The van der Waals surface area contributed by atoms with Crippen LogP contribution in [0.1, 0.15) is 13.8 Å².